The second-order valence-corrected chi connectivity index (χ2v) is 13.9. The zero-order valence-electron chi connectivity index (χ0n) is 22.5. The average molecular weight is 528 g/mol. The van der Waals surface area contributed by atoms with Gasteiger partial charge in [0.1, 0.15) is 5.75 Å². The molecule has 0 aliphatic heterocycles. The van der Waals surface area contributed by atoms with E-state index in [0.29, 0.717) is 0 Å². The van der Waals surface area contributed by atoms with Crippen LogP contribution in [0.4, 0.5) is 0 Å². The van der Waals surface area contributed by atoms with Gasteiger partial charge in [0.05, 0.1) is 24.4 Å². The molecule has 38 heavy (non-hydrogen) atoms. The smallest absolute Gasteiger partial charge is 0.251 e. The number of nitrogens with zero attached hydrogens (tertiary/aromatic N) is 2. The number of rotatable bonds is 5. The first-order valence-electron chi connectivity index (χ1n) is 12.6. The molecule has 0 bridgehead atoms. The van der Waals surface area contributed by atoms with Crippen molar-refractivity contribution in [3.05, 3.63) is 119 Å². The molecule has 0 aliphatic carbocycles. The monoisotopic (exact) mass is 527 g/mol. The van der Waals surface area contributed by atoms with Crippen LogP contribution in [0.1, 0.15) is 30.7 Å². The number of aryl methyl sites for hydroxylation is 1. The van der Waals surface area contributed by atoms with Crippen molar-refractivity contribution in [3.63, 3.8) is 0 Å². The van der Waals surface area contributed by atoms with Crippen LogP contribution in [0.2, 0.25) is 0 Å². The number of fused-ring (bicyclic) bond motifs is 1. The molecule has 6 nitrogen and oxygen atoms in total. The number of aromatic amines is 1. The largest absolute Gasteiger partial charge is 0.508 e. The van der Waals surface area contributed by atoms with Crippen LogP contribution in [-0.2, 0) is 17.0 Å². The predicted molar refractivity (Wildman–Crippen MR) is 157 cm³/mol. The SMILES string of the molecule is CCP(C)(C)=O.Cn1c(=O)cc(-c2ccccc2)c2cc(C(C)(c3cccc(O)c3)c3cnc[nH]3)ccc21. The van der Waals surface area contributed by atoms with Crippen molar-refractivity contribution >= 4 is 18.0 Å². The number of hydrogen-bond acceptors (Lipinski definition) is 4. The van der Waals surface area contributed by atoms with Crippen LogP contribution >= 0.6 is 7.14 Å². The topological polar surface area (TPSA) is 88.0 Å². The molecule has 2 aromatic heterocycles. The van der Waals surface area contributed by atoms with E-state index in [4.69, 9.17) is 0 Å². The van der Waals surface area contributed by atoms with Gasteiger partial charge < -0.3 is 19.2 Å². The number of H-pyrrole nitrogens is 1. The molecule has 0 amide bonds. The van der Waals surface area contributed by atoms with Gasteiger partial charge in [-0.2, -0.15) is 0 Å². The molecule has 0 fully saturated rings. The summed E-state index contributed by atoms with van der Waals surface area (Å²) < 4.78 is 12.3. The number of pyridine rings is 1. The Morgan fingerprint density at radius 2 is 1.66 bits per heavy atom. The second kappa shape index (κ2) is 10.8. The lowest BCUT2D eigenvalue weighted by Gasteiger charge is -2.30. The van der Waals surface area contributed by atoms with Crippen LogP contribution in [0, 0.1) is 0 Å². The highest BCUT2D eigenvalue weighted by Gasteiger charge is 2.33. The highest BCUT2D eigenvalue weighted by atomic mass is 31.2. The summed E-state index contributed by atoms with van der Waals surface area (Å²) in [6.45, 7) is 7.65. The first-order chi connectivity index (χ1) is 18.0. The molecule has 1 unspecified atom stereocenters. The van der Waals surface area contributed by atoms with E-state index in [-0.39, 0.29) is 11.3 Å². The van der Waals surface area contributed by atoms with Crippen molar-refractivity contribution in [1.29, 1.82) is 0 Å². The first-order valence-corrected chi connectivity index (χ1v) is 15.4. The molecule has 1 atom stereocenters. The maximum atomic E-state index is 12.7. The van der Waals surface area contributed by atoms with Gasteiger partial charge in [-0.05, 0) is 72.9 Å². The number of aromatic nitrogens is 3. The summed E-state index contributed by atoms with van der Waals surface area (Å²) in [6.07, 6.45) is 4.30. The van der Waals surface area contributed by atoms with E-state index in [2.05, 4.69) is 23.0 Å². The van der Waals surface area contributed by atoms with Gasteiger partial charge in [0.2, 0.25) is 0 Å². The first kappa shape index (κ1) is 27.2. The van der Waals surface area contributed by atoms with E-state index in [9.17, 15) is 14.5 Å². The van der Waals surface area contributed by atoms with E-state index in [1.807, 2.05) is 67.7 Å². The molecular formula is C31H34N3O3P. The van der Waals surface area contributed by atoms with E-state index < -0.39 is 12.6 Å². The average Bonchev–Trinajstić information content (AvgIpc) is 3.46. The number of aromatic hydroxyl groups is 1. The normalized spacial score (nSPS) is 13.0. The summed E-state index contributed by atoms with van der Waals surface area (Å²) in [6, 6.07) is 25.1. The van der Waals surface area contributed by atoms with E-state index in [1.54, 1.807) is 49.5 Å². The molecule has 7 heteroatoms. The molecule has 5 rings (SSSR count). The number of nitrogens with one attached hydrogen (secondary N) is 1. The van der Waals surface area contributed by atoms with Gasteiger partial charge in [0.15, 0.2) is 0 Å². The fourth-order valence-electron chi connectivity index (χ4n) is 4.45. The Kier molecular flexibility index (Phi) is 7.75. The van der Waals surface area contributed by atoms with Crippen LogP contribution in [0.15, 0.2) is 96.2 Å². The van der Waals surface area contributed by atoms with Crippen LogP contribution in [-0.4, -0.2) is 39.1 Å². The van der Waals surface area contributed by atoms with Gasteiger partial charge >= 0.3 is 0 Å². The summed E-state index contributed by atoms with van der Waals surface area (Å²) in [7, 11) is 0.147. The maximum absolute atomic E-state index is 12.7. The Bertz CT molecular complexity index is 1650. The summed E-state index contributed by atoms with van der Waals surface area (Å²) >= 11 is 0. The lowest BCUT2D eigenvalue weighted by atomic mass is 9.73. The molecule has 0 radical (unpaired) electrons. The van der Waals surface area contributed by atoms with Crippen LogP contribution in [0.3, 0.4) is 0 Å². The molecular weight excluding hydrogens is 493 g/mol. The third-order valence-corrected chi connectivity index (χ3v) is 8.65. The number of hydrogen-bond donors (Lipinski definition) is 2. The fourth-order valence-corrected chi connectivity index (χ4v) is 4.45. The molecule has 196 valence electrons. The Labute approximate surface area is 223 Å². The van der Waals surface area contributed by atoms with Gasteiger partial charge in [0, 0.05) is 30.4 Å². The van der Waals surface area contributed by atoms with Crippen molar-refractivity contribution in [3.8, 4) is 16.9 Å². The minimum absolute atomic E-state index is 0.0478. The predicted octanol–water partition coefficient (Wildman–Crippen LogP) is 6.62. The number of phenolic OH excluding ortho intramolecular Hbond substituents is 1. The van der Waals surface area contributed by atoms with Crippen molar-refractivity contribution in [2.24, 2.45) is 7.05 Å². The molecule has 0 aliphatic rings. The van der Waals surface area contributed by atoms with Gasteiger partial charge in [0.25, 0.3) is 5.56 Å². The van der Waals surface area contributed by atoms with Crippen molar-refractivity contribution in [2.75, 3.05) is 19.5 Å². The van der Waals surface area contributed by atoms with Crippen LogP contribution in [0.25, 0.3) is 22.0 Å². The summed E-state index contributed by atoms with van der Waals surface area (Å²) in [5.41, 5.74) is 4.99. The van der Waals surface area contributed by atoms with Gasteiger partial charge in [-0.3, -0.25) is 4.79 Å². The lowest BCUT2D eigenvalue weighted by molar-refractivity contribution is 0.473. The maximum Gasteiger partial charge on any atom is 0.251 e. The zero-order valence-corrected chi connectivity index (χ0v) is 23.4. The molecule has 0 saturated carbocycles. The molecule has 2 N–H and O–H groups in total. The van der Waals surface area contributed by atoms with E-state index in [1.165, 1.54) is 0 Å². The Morgan fingerprint density at radius 3 is 2.26 bits per heavy atom. The Balaban J connectivity index is 0.000000505. The minimum Gasteiger partial charge on any atom is -0.508 e. The van der Waals surface area contributed by atoms with Crippen molar-refractivity contribution in [2.45, 2.75) is 19.3 Å². The van der Waals surface area contributed by atoms with Crippen LogP contribution in [0.5, 0.6) is 5.75 Å². The molecule has 0 saturated heterocycles. The molecule has 0 spiro atoms. The number of phenols is 1. The number of imidazole rings is 1. The van der Waals surface area contributed by atoms with E-state index in [0.717, 1.165) is 45.0 Å². The van der Waals surface area contributed by atoms with E-state index >= 15 is 0 Å². The van der Waals surface area contributed by atoms with Gasteiger partial charge in [-0.1, -0.05) is 55.5 Å². The van der Waals surface area contributed by atoms with Crippen LogP contribution < -0.4 is 5.56 Å². The summed E-state index contributed by atoms with van der Waals surface area (Å²) in [4.78, 5) is 20.2. The molecule has 3 aromatic carbocycles. The fraction of sp³-hybridized carbons (Fsp3) is 0.226. The quantitative estimate of drug-likeness (QED) is 0.252. The summed E-state index contributed by atoms with van der Waals surface area (Å²) in [5, 5.41) is 11.2. The highest BCUT2D eigenvalue weighted by molar-refractivity contribution is 7.62. The molecule has 5 aromatic rings. The Hall–Kier alpha value is -3.89. The second-order valence-electron chi connectivity index (χ2n) is 10.1. The van der Waals surface area contributed by atoms with Crippen molar-refractivity contribution in [1.82, 2.24) is 14.5 Å². The standard InChI is InChI=1S/C27H23N3O2.C4H11OP/c1-27(25-16-28-17-29-25,19-9-6-10-21(31)13-19)20-11-12-24-23(14-20)22(15-26(32)30(24)2)18-7-4-3-5-8-18;1-4-6(2,3)5/h3-17,31H,1-2H3,(H,28,29);4H2,1-3H3. The van der Waals surface area contributed by atoms with Gasteiger partial charge in [-0.15, -0.1) is 0 Å². The molecule has 2 heterocycles. The minimum atomic E-state index is -1.65. The third-order valence-electron chi connectivity index (χ3n) is 7.13. The van der Waals surface area contributed by atoms with Crippen molar-refractivity contribution < 1.29 is 9.67 Å². The Morgan fingerprint density at radius 1 is 0.974 bits per heavy atom. The van der Waals surface area contributed by atoms with Gasteiger partial charge in [-0.25, -0.2) is 4.98 Å². The zero-order chi connectivity index (χ0) is 27.5. The highest BCUT2D eigenvalue weighted by Crippen LogP contribution is 2.41. The lowest BCUT2D eigenvalue weighted by Crippen LogP contribution is -2.26. The summed E-state index contributed by atoms with van der Waals surface area (Å²) in [5.74, 6) is 0.210. The third kappa shape index (κ3) is 5.51. The number of benzene rings is 3.